The maximum Gasteiger partial charge on any atom is 0.0471 e. The first kappa shape index (κ1) is 34.2. The first-order chi connectivity index (χ1) is 27.9. The van der Waals surface area contributed by atoms with E-state index in [4.69, 9.17) is 0 Å². The Morgan fingerprint density at radius 2 is 1.09 bits per heavy atom. The predicted octanol–water partition coefficient (Wildman–Crippen LogP) is 15.2. The van der Waals surface area contributed by atoms with Crippen LogP contribution in [0.5, 0.6) is 0 Å². The van der Waals surface area contributed by atoms with Crippen molar-refractivity contribution in [2.45, 2.75) is 94.8 Å². The van der Waals surface area contributed by atoms with Crippen LogP contribution in [0.4, 0.5) is 17.1 Å². The summed E-state index contributed by atoms with van der Waals surface area (Å²) in [5.41, 5.74) is 17.8. The highest BCUT2D eigenvalue weighted by Gasteiger charge is 2.51. The summed E-state index contributed by atoms with van der Waals surface area (Å²) in [6.45, 7) is 4.86. The summed E-state index contributed by atoms with van der Waals surface area (Å²) in [4.78, 5) is 2.58. The highest BCUT2D eigenvalue weighted by molar-refractivity contribution is 5.96. The summed E-state index contributed by atoms with van der Waals surface area (Å²) in [6, 6.07) is 54.1. The van der Waals surface area contributed by atoms with Crippen LogP contribution in [-0.2, 0) is 10.8 Å². The molecule has 6 aromatic carbocycles. The fraction of sp³-hybridized carbons (Fsp3) is 0.357. The minimum absolute atomic E-state index is 0.125. The van der Waals surface area contributed by atoms with Crippen molar-refractivity contribution in [1.29, 1.82) is 0 Å². The topological polar surface area (TPSA) is 3.24 Å². The molecule has 0 heterocycles. The van der Waals surface area contributed by atoms with E-state index < -0.39 is 0 Å². The molecule has 3 atom stereocenters. The van der Waals surface area contributed by atoms with Gasteiger partial charge in [-0.25, -0.2) is 0 Å². The van der Waals surface area contributed by atoms with E-state index in [1.54, 1.807) is 11.1 Å². The Kier molecular flexibility index (Phi) is 7.68. The van der Waals surface area contributed by atoms with Crippen LogP contribution in [0.3, 0.4) is 0 Å². The molecule has 3 unspecified atom stereocenters. The smallest absolute Gasteiger partial charge is 0.0471 e. The molecule has 284 valence electrons. The number of benzene rings is 6. The molecule has 0 aliphatic heterocycles. The van der Waals surface area contributed by atoms with E-state index in [1.807, 2.05) is 0 Å². The lowest BCUT2D eigenvalue weighted by atomic mass is 9.48. The molecule has 0 radical (unpaired) electrons. The third-order valence-electron chi connectivity index (χ3n) is 16.3. The maximum absolute atomic E-state index is 2.58. The third-order valence-corrected chi connectivity index (χ3v) is 16.3. The van der Waals surface area contributed by atoms with Gasteiger partial charge in [0.1, 0.15) is 0 Å². The zero-order chi connectivity index (χ0) is 37.9. The van der Waals surface area contributed by atoms with Gasteiger partial charge in [-0.05, 0) is 191 Å². The minimum Gasteiger partial charge on any atom is -0.310 e. The molecular formula is C56H55N. The van der Waals surface area contributed by atoms with Crippen molar-refractivity contribution in [3.05, 3.63) is 162 Å². The summed E-state index contributed by atoms with van der Waals surface area (Å²) in [6.07, 6.45) is 14.4. The van der Waals surface area contributed by atoms with E-state index in [0.29, 0.717) is 5.41 Å². The van der Waals surface area contributed by atoms with Crippen LogP contribution >= 0.6 is 0 Å². The zero-order valence-corrected chi connectivity index (χ0v) is 33.8. The molecule has 0 saturated heterocycles. The van der Waals surface area contributed by atoms with Gasteiger partial charge in [-0.1, -0.05) is 123 Å². The van der Waals surface area contributed by atoms with Gasteiger partial charge in [0.15, 0.2) is 0 Å². The molecule has 57 heavy (non-hydrogen) atoms. The molecule has 0 spiro atoms. The molecular weight excluding hydrogens is 687 g/mol. The van der Waals surface area contributed by atoms with Crippen LogP contribution in [0.1, 0.15) is 106 Å². The molecule has 0 amide bonds. The van der Waals surface area contributed by atoms with Crippen LogP contribution in [0, 0.1) is 29.6 Å². The molecule has 1 nitrogen and oxygen atoms in total. The molecule has 13 rings (SSSR count). The quantitative estimate of drug-likeness (QED) is 0.157. The number of fused-ring (bicyclic) bond motifs is 5. The normalized spacial score (nSPS) is 28.4. The minimum atomic E-state index is -0.125. The van der Waals surface area contributed by atoms with E-state index in [0.717, 1.165) is 35.5 Å². The molecule has 7 aliphatic carbocycles. The average molecular weight is 742 g/mol. The molecule has 1 heteroatoms. The Morgan fingerprint density at radius 3 is 1.74 bits per heavy atom. The Morgan fingerprint density at radius 1 is 0.474 bits per heavy atom. The van der Waals surface area contributed by atoms with Gasteiger partial charge in [0.05, 0.1) is 0 Å². The fourth-order valence-corrected chi connectivity index (χ4v) is 14.0. The molecule has 6 saturated carbocycles. The lowest BCUT2D eigenvalue weighted by molar-refractivity contribution is -0.00518. The molecule has 7 aliphatic rings. The second-order valence-electron chi connectivity index (χ2n) is 20.0. The van der Waals surface area contributed by atoms with E-state index in [9.17, 15) is 0 Å². The predicted molar refractivity (Wildman–Crippen MR) is 238 cm³/mol. The second-order valence-corrected chi connectivity index (χ2v) is 20.0. The van der Waals surface area contributed by atoms with Crippen molar-refractivity contribution in [3.63, 3.8) is 0 Å². The van der Waals surface area contributed by atoms with Crippen molar-refractivity contribution in [1.82, 2.24) is 0 Å². The average Bonchev–Trinajstić information content (AvgIpc) is 3.94. The summed E-state index contributed by atoms with van der Waals surface area (Å²) in [7, 11) is 0. The third kappa shape index (κ3) is 5.47. The first-order valence-corrected chi connectivity index (χ1v) is 22.3. The molecule has 0 aromatic heterocycles. The zero-order valence-electron chi connectivity index (χ0n) is 33.8. The van der Waals surface area contributed by atoms with Crippen LogP contribution in [0.15, 0.2) is 140 Å². The molecule has 6 bridgehead atoms. The molecule has 0 N–H and O–H groups in total. The van der Waals surface area contributed by atoms with Gasteiger partial charge < -0.3 is 4.90 Å². The van der Waals surface area contributed by atoms with Gasteiger partial charge in [0.25, 0.3) is 0 Å². The highest BCUT2D eigenvalue weighted by Crippen LogP contribution is 2.61. The van der Waals surface area contributed by atoms with Gasteiger partial charge in [0.2, 0.25) is 0 Å². The lowest BCUT2D eigenvalue weighted by Gasteiger charge is -2.57. The molecule has 6 aromatic rings. The number of hydrogen-bond donors (Lipinski definition) is 0. The first-order valence-electron chi connectivity index (χ1n) is 22.3. The van der Waals surface area contributed by atoms with E-state index in [1.165, 1.54) is 126 Å². The van der Waals surface area contributed by atoms with Gasteiger partial charge in [-0.15, -0.1) is 0 Å². The number of rotatable bonds is 7. The van der Waals surface area contributed by atoms with Crippen molar-refractivity contribution in [3.8, 4) is 33.4 Å². The van der Waals surface area contributed by atoms with Crippen LogP contribution in [0.2, 0.25) is 0 Å². The van der Waals surface area contributed by atoms with Crippen molar-refractivity contribution < 1.29 is 0 Å². The largest absolute Gasteiger partial charge is 0.310 e. The Bertz CT molecular complexity index is 2430. The van der Waals surface area contributed by atoms with Crippen molar-refractivity contribution >= 4 is 17.1 Å². The Balaban J connectivity index is 1.00. The maximum atomic E-state index is 2.58. The van der Waals surface area contributed by atoms with Gasteiger partial charge >= 0.3 is 0 Å². The van der Waals surface area contributed by atoms with Gasteiger partial charge in [-0.3, -0.25) is 0 Å². The van der Waals surface area contributed by atoms with Gasteiger partial charge in [-0.2, -0.15) is 0 Å². The molecule has 6 fully saturated rings. The number of anilines is 3. The highest BCUT2D eigenvalue weighted by atomic mass is 15.1. The van der Waals surface area contributed by atoms with Gasteiger partial charge in [0, 0.05) is 22.5 Å². The Labute approximate surface area is 340 Å². The van der Waals surface area contributed by atoms with Crippen molar-refractivity contribution in [2.24, 2.45) is 29.6 Å². The van der Waals surface area contributed by atoms with E-state index in [2.05, 4.69) is 158 Å². The van der Waals surface area contributed by atoms with Crippen LogP contribution < -0.4 is 4.90 Å². The summed E-state index contributed by atoms with van der Waals surface area (Å²) in [5.74, 6) is 5.39. The monoisotopic (exact) mass is 741 g/mol. The van der Waals surface area contributed by atoms with E-state index >= 15 is 0 Å². The summed E-state index contributed by atoms with van der Waals surface area (Å²) < 4.78 is 0. The fourth-order valence-electron chi connectivity index (χ4n) is 14.0. The van der Waals surface area contributed by atoms with Crippen LogP contribution in [0.25, 0.3) is 33.4 Å². The van der Waals surface area contributed by atoms with E-state index in [-0.39, 0.29) is 5.41 Å². The second kappa shape index (κ2) is 12.8. The number of hydrogen-bond acceptors (Lipinski definition) is 1. The Hall–Kier alpha value is -4.88. The summed E-state index contributed by atoms with van der Waals surface area (Å²) in [5, 5.41) is 0. The SMILES string of the molecule is CC1(C)c2ccccc2-c2c(-c3ccc(-c4ccccc4)cc3)cc(N(c3ccc(C4CC5CCC4C5)cc3)c3ccc(C45CC6CC(CC(C6)C4)C5)cc3)cc21. The lowest BCUT2D eigenvalue weighted by Crippen LogP contribution is -2.48. The number of nitrogens with zero attached hydrogens (tertiary/aromatic N) is 1. The van der Waals surface area contributed by atoms with Crippen molar-refractivity contribution in [2.75, 3.05) is 4.90 Å². The van der Waals surface area contributed by atoms with Crippen LogP contribution in [-0.4, -0.2) is 0 Å². The summed E-state index contributed by atoms with van der Waals surface area (Å²) >= 11 is 0. The standard InChI is InChI=1S/C56H55N/c1-55(2)52-11-7-6-10-49(52)54-51(43-16-14-41(15-17-43)40-8-4-3-5-9-40)31-48(32-53(54)55)57(46-22-18-42(19-23-46)50-30-36-12-13-44(50)29-36)47-24-20-45(21-25-47)56-33-37-26-38(34-56)28-39(27-37)35-56/h3-11,14-25,31-32,36-39,44,50H,12-13,26-30,33-35H2,1-2H3.